The number of unbranched alkanes of at least 4 members (excludes halogenated alkanes) is 2. The van der Waals surface area contributed by atoms with Gasteiger partial charge in [0.1, 0.15) is 0 Å². The predicted molar refractivity (Wildman–Crippen MR) is 75.0 cm³/mol. The van der Waals surface area contributed by atoms with E-state index in [-0.39, 0.29) is 0 Å². The second-order valence-corrected chi connectivity index (χ2v) is 5.92. The zero-order valence-corrected chi connectivity index (χ0v) is 12.2. The van der Waals surface area contributed by atoms with Gasteiger partial charge in [-0.1, -0.05) is 53.4 Å². The van der Waals surface area contributed by atoms with Crippen molar-refractivity contribution in [1.29, 1.82) is 0 Å². The van der Waals surface area contributed by atoms with Crippen molar-refractivity contribution >= 4 is 6.41 Å². The summed E-state index contributed by atoms with van der Waals surface area (Å²) < 4.78 is 0. The lowest BCUT2D eigenvalue weighted by atomic mass is 10.1. The Morgan fingerprint density at radius 1 is 0.824 bits per heavy atom. The molecule has 2 nitrogen and oxygen atoms in total. The van der Waals surface area contributed by atoms with Crippen LogP contribution >= 0.6 is 0 Å². The molecule has 0 aliphatic heterocycles. The molecule has 0 saturated heterocycles. The van der Waals surface area contributed by atoms with E-state index in [0.717, 1.165) is 44.2 Å². The van der Waals surface area contributed by atoms with Gasteiger partial charge in [0.2, 0.25) is 6.41 Å². The first-order valence-corrected chi connectivity index (χ1v) is 7.25. The summed E-state index contributed by atoms with van der Waals surface area (Å²) in [6, 6.07) is 0. The maximum Gasteiger partial charge on any atom is 0.209 e. The van der Waals surface area contributed by atoms with Crippen LogP contribution in [0, 0.1) is 11.8 Å². The molecule has 0 atom stereocenters. The molecule has 0 aliphatic carbocycles. The Bertz CT molecular complexity index is 162. The van der Waals surface area contributed by atoms with Crippen LogP contribution in [0.25, 0.3) is 0 Å². The van der Waals surface area contributed by atoms with Gasteiger partial charge in [0.15, 0.2) is 0 Å². The van der Waals surface area contributed by atoms with E-state index >= 15 is 0 Å². The van der Waals surface area contributed by atoms with Gasteiger partial charge in [-0.25, -0.2) is 0 Å². The van der Waals surface area contributed by atoms with Crippen molar-refractivity contribution in [3.8, 4) is 0 Å². The van der Waals surface area contributed by atoms with Crippen LogP contribution in [0.3, 0.4) is 0 Å². The summed E-state index contributed by atoms with van der Waals surface area (Å²) >= 11 is 0. The number of carbonyl (C=O) groups excluding carboxylic acids is 1. The van der Waals surface area contributed by atoms with Gasteiger partial charge in [-0.3, -0.25) is 4.79 Å². The molecule has 0 saturated carbocycles. The Kier molecular flexibility index (Phi) is 10.3. The van der Waals surface area contributed by atoms with Gasteiger partial charge in [-0.15, -0.1) is 0 Å². The molecule has 0 aliphatic rings. The van der Waals surface area contributed by atoms with Crippen LogP contribution in [-0.4, -0.2) is 24.4 Å². The second kappa shape index (κ2) is 10.6. The molecule has 0 heterocycles. The summed E-state index contributed by atoms with van der Waals surface area (Å²) in [6.45, 7) is 10.9. The molecule has 1 amide bonds. The number of rotatable bonds is 11. The molecule has 0 spiro atoms. The van der Waals surface area contributed by atoms with Gasteiger partial charge in [-0.2, -0.15) is 0 Å². The van der Waals surface area contributed by atoms with Crippen molar-refractivity contribution in [2.24, 2.45) is 11.8 Å². The van der Waals surface area contributed by atoms with Crippen LogP contribution in [0.1, 0.15) is 66.2 Å². The van der Waals surface area contributed by atoms with E-state index in [0.29, 0.717) is 0 Å². The van der Waals surface area contributed by atoms with Gasteiger partial charge in [0.05, 0.1) is 0 Å². The molecule has 17 heavy (non-hydrogen) atoms. The van der Waals surface area contributed by atoms with E-state index in [2.05, 4.69) is 27.7 Å². The average molecular weight is 241 g/mol. The third kappa shape index (κ3) is 11.7. The zero-order chi connectivity index (χ0) is 13.1. The Hall–Kier alpha value is -0.530. The summed E-state index contributed by atoms with van der Waals surface area (Å²) in [7, 11) is 0. The molecule has 0 radical (unpaired) electrons. The first kappa shape index (κ1) is 16.5. The van der Waals surface area contributed by atoms with E-state index < -0.39 is 0 Å². The number of nitrogens with zero attached hydrogens (tertiary/aromatic N) is 1. The second-order valence-electron chi connectivity index (χ2n) is 5.92. The smallest absolute Gasteiger partial charge is 0.209 e. The zero-order valence-electron chi connectivity index (χ0n) is 12.2. The third-order valence-corrected chi connectivity index (χ3v) is 3.10. The fraction of sp³-hybridized carbons (Fsp3) is 0.933. The molecule has 0 N–H and O–H groups in total. The summed E-state index contributed by atoms with van der Waals surface area (Å²) in [5, 5.41) is 0. The van der Waals surface area contributed by atoms with Crippen LogP contribution in [0.15, 0.2) is 0 Å². The number of carbonyl (C=O) groups is 1. The van der Waals surface area contributed by atoms with Crippen LogP contribution in [0.2, 0.25) is 0 Å². The largest absolute Gasteiger partial charge is 0.345 e. The van der Waals surface area contributed by atoms with Gasteiger partial charge < -0.3 is 4.90 Å². The highest BCUT2D eigenvalue weighted by atomic mass is 16.1. The molecule has 102 valence electrons. The molecule has 0 unspecified atom stereocenters. The van der Waals surface area contributed by atoms with Gasteiger partial charge in [0, 0.05) is 13.1 Å². The van der Waals surface area contributed by atoms with Crippen molar-refractivity contribution in [2.75, 3.05) is 13.1 Å². The predicted octanol–water partition coefficient (Wildman–Crippen LogP) is 4.10. The van der Waals surface area contributed by atoms with Crippen LogP contribution in [0.5, 0.6) is 0 Å². The first-order chi connectivity index (χ1) is 8.06. The molecule has 0 aromatic carbocycles. The van der Waals surface area contributed by atoms with E-state index in [1.165, 1.54) is 25.7 Å². The lowest BCUT2D eigenvalue weighted by molar-refractivity contribution is -0.118. The average Bonchev–Trinajstić information content (AvgIpc) is 2.26. The molecule has 0 bridgehead atoms. The van der Waals surface area contributed by atoms with Crippen molar-refractivity contribution in [3.05, 3.63) is 0 Å². The summed E-state index contributed by atoms with van der Waals surface area (Å²) in [6.07, 6.45) is 8.37. The molecule has 0 aromatic heterocycles. The molecule has 2 heteroatoms. The van der Waals surface area contributed by atoms with E-state index in [9.17, 15) is 4.79 Å². The van der Waals surface area contributed by atoms with Crippen molar-refractivity contribution in [1.82, 2.24) is 4.90 Å². The maximum absolute atomic E-state index is 10.9. The third-order valence-electron chi connectivity index (χ3n) is 3.10. The highest BCUT2D eigenvalue weighted by Gasteiger charge is 2.02. The Morgan fingerprint density at radius 2 is 1.24 bits per heavy atom. The normalized spacial score (nSPS) is 11.2. The van der Waals surface area contributed by atoms with E-state index in [1.807, 2.05) is 4.90 Å². The summed E-state index contributed by atoms with van der Waals surface area (Å²) in [5.41, 5.74) is 0. The minimum Gasteiger partial charge on any atom is -0.345 e. The first-order valence-electron chi connectivity index (χ1n) is 7.25. The quantitative estimate of drug-likeness (QED) is 0.394. The minimum absolute atomic E-state index is 0.783. The van der Waals surface area contributed by atoms with Gasteiger partial charge >= 0.3 is 0 Å². The lowest BCUT2D eigenvalue weighted by Crippen LogP contribution is -2.24. The van der Waals surface area contributed by atoms with Crippen LogP contribution in [0.4, 0.5) is 0 Å². The molecule has 0 aromatic rings. The fourth-order valence-electron chi connectivity index (χ4n) is 1.95. The topological polar surface area (TPSA) is 20.3 Å². The minimum atomic E-state index is 0.783. The van der Waals surface area contributed by atoms with Crippen molar-refractivity contribution in [3.63, 3.8) is 0 Å². The Labute approximate surface area is 108 Å². The van der Waals surface area contributed by atoms with Gasteiger partial charge in [0.25, 0.3) is 0 Å². The number of hydrogen-bond donors (Lipinski definition) is 0. The number of amides is 1. The lowest BCUT2D eigenvalue weighted by Gasteiger charge is -2.17. The van der Waals surface area contributed by atoms with Crippen LogP contribution in [-0.2, 0) is 4.79 Å². The fourth-order valence-corrected chi connectivity index (χ4v) is 1.95. The highest BCUT2D eigenvalue weighted by Crippen LogP contribution is 2.09. The summed E-state index contributed by atoms with van der Waals surface area (Å²) in [4.78, 5) is 12.8. The monoisotopic (exact) mass is 241 g/mol. The van der Waals surface area contributed by atoms with Crippen molar-refractivity contribution in [2.45, 2.75) is 66.2 Å². The van der Waals surface area contributed by atoms with E-state index in [1.54, 1.807) is 0 Å². The number of hydrogen-bond acceptors (Lipinski definition) is 1. The highest BCUT2D eigenvalue weighted by molar-refractivity contribution is 5.46. The summed E-state index contributed by atoms with van der Waals surface area (Å²) in [5.74, 6) is 1.57. The Morgan fingerprint density at radius 3 is 1.53 bits per heavy atom. The molecular weight excluding hydrogens is 210 g/mol. The molecular formula is C15H31NO. The maximum atomic E-state index is 10.9. The van der Waals surface area contributed by atoms with Gasteiger partial charge in [-0.05, 0) is 24.7 Å². The van der Waals surface area contributed by atoms with E-state index in [4.69, 9.17) is 0 Å². The standard InChI is InChI=1S/C15H31NO/c1-14(2)9-5-7-11-16(13-17)12-8-6-10-15(3)4/h13-15H,5-12H2,1-4H3. The van der Waals surface area contributed by atoms with Crippen LogP contribution < -0.4 is 0 Å². The SMILES string of the molecule is CC(C)CCCCN(C=O)CCCCC(C)C. The molecule has 0 fully saturated rings. The molecule has 0 rings (SSSR count). The Balaban J connectivity index is 3.46. The van der Waals surface area contributed by atoms with Crippen molar-refractivity contribution < 1.29 is 4.79 Å².